The molecule has 0 saturated carbocycles. The van der Waals surface area contributed by atoms with E-state index >= 15 is 0 Å². The lowest BCUT2D eigenvalue weighted by molar-refractivity contribution is -0.0184. The van der Waals surface area contributed by atoms with Crippen molar-refractivity contribution in [1.82, 2.24) is 9.97 Å². The van der Waals surface area contributed by atoms with Gasteiger partial charge in [-0.25, -0.2) is 4.98 Å². The molecule has 1 heterocycles. The lowest BCUT2D eigenvalue weighted by Crippen LogP contribution is -2.19. The average Bonchev–Trinajstić information content (AvgIpc) is 2.48. The summed E-state index contributed by atoms with van der Waals surface area (Å²) in [6.07, 6.45) is 0. The summed E-state index contributed by atoms with van der Waals surface area (Å²) < 4.78 is 16.9. The highest BCUT2D eigenvalue weighted by Gasteiger charge is 2.18. The molecule has 0 aliphatic heterocycles. The van der Waals surface area contributed by atoms with Gasteiger partial charge in [-0.15, -0.1) is 0 Å². The summed E-state index contributed by atoms with van der Waals surface area (Å²) in [5.41, 5.74) is 0.390. The molecule has 0 bridgehead atoms. The molecule has 0 atom stereocenters. The van der Waals surface area contributed by atoms with Crippen LogP contribution < -0.4 is 9.47 Å². The number of hydrogen-bond donors (Lipinski definition) is 0. The van der Waals surface area contributed by atoms with Crippen LogP contribution in [0.25, 0.3) is 0 Å². The van der Waals surface area contributed by atoms with Crippen LogP contribution in [0.4, 0.5) is 0 Å². The third-order valence-electron chi connectivity index (χ3n) is 2.93. The van der Waals surface area contributed by atoms with Gasteiger partial charge < -0.3 is 14.2 Å². The van der Waals surface area contributed by atoms with Gasteiger partial charge in [0.1, 0.15) is 12.4 Å². The second kappa shape index (κ2) is 7.15. The molecule has 2 rings (SSSR count). The quantitative estimate of drug-likeness (QED) is 0.801. The predicted molar refractivity (Wildman–Crippen MR) is 89.4 cm³/mol. The van der Waals surface area contributed by atoms with Crippen LogP contribution in [-0.4, -0.2) is 22.7 Å². The first-order chi connectivity index (χ1) is 10.8. The summed E-state index contributed by atoms with van der Waals surface area (Å²) in [5.74, 6) is 1.86. The second-order valence-electron chi connectivity index (χ2n) is 6.00. The molecule has 0 spiro atoms. The van der Waals surface area contributed by atoms with Gasteiger partial charge in [-0.05, 0) is 39.8 Å². The van der Waals surface area contributed by atoms with Gasteiger partial charge in [-0.2, -0.15) is 4.98 Å². The van der Waals surface area contributed by atoms with Gasteiger partial charge in [0.2, 0.25) is 5.75 Å². The van der Waals surface area contributed by atoms with E-state index in [1.165, 1.54) is 7.11 Å². The molecule has 0 radical (unpaired) electrons. The van der Waals surface area contributed by atoms with Gasteiger partial charge in [0.05, 0.1) is 23.4 Å². The van der Waals surface area contributed by atoms with E-state index in [1.807, 2.05) is 39.8 Å². The Balaban J connectivity index is 2.28. The number of hydrogen-bond acceptors (Lipinski definition) is 5. The van der Waals surface area contributed by atoms with E-state index in [4.69, 9.17) is 25.8 Å². The first-order valence-electron chi connectivity index (χ1n) is 7.28. The second-order valence-corrected chi connectivity index (χ2v) is 6.40. The minimum absolute atomic E-state index is 0.267. The van der Waals surface area contributed by atoms with E-state index in [-0.39, 0.29) is 5.60 Å². The maximum atomic E-state index is 6.13. The molecule has 1 aromatic heterocycles. The monoisotopic (exact) mass is 336 g/mol. The van der Waals surface area contributed by atoms with Crippen molar-refractivity contribution in [2.45, 2.75) is 39.9 Å². The van der Waals surface area contributed by atoms with E-state index in [2.05, 4.69) is 9.97 Å². The molecule has 0 fully saturated rings. The van der Waals surface area contributed by atoms with Crippen LogP contribution in [0.2, 0.25) is 5.02 Å². The minimum Gasteiger partial charge on any atom is -0.478 e. The van der Waals surface area contributed by atoms with Crippen molar-refractivity contribution < 1.29 is 14.2 Å². The summed E-state index contributed by atoms with van der Waals surface area (Å²) in [7, 11) is 1.54. The van der Waals surface area contributed by atoms with Crippen molar-refractivity contribution in [3.05, 3.63) is 40.8 Å². The molecule has 5 nitrogen and oxygen atoms in total. The molecule has 124 valence electrons. The van der Waals surface area contributed by atoms with Crippen LogP contribution >= 0.6 is 11.6 Å². The zero-order valence-electron chi connectivity index (χ0n) is 14.0. The predicted octanol–water partition coefficient (Wildman–Crippen LogP) is 4.55. The van der Waals surface area contributed by atoms with Gasteiger partial charge in [0.15, 0.2) is 5.82 Å². The lowest BCUT2D eigenvalue weighted by atomic mass is 10.2. The van der Waals surface area contributed by atoms with Crippen molar-refractivity contribution in [2.24, 2.45) is 0 Å². The Morgan fingerprint density at radius 3 is 2.43 bits per heavy atom. The van der Waals surface area contributed by atoms with Crippen molar-refractivity contribution in [2.75, 3.05) is 7.11 Å². The molecule has 0 aliphatic rings. The van der Waals surface area contributed by atoms with Crippen LogP contribution in [0, 0.1) is 6.92 Å². The van der Waals surface area contributed by atoms with Gasteiger partial charge >= 0.3 is 0 Å². The highest BCUT2D eigenvalue weighted by atomic mass is 35.5. The highest BCUT2D eigenvalue weighted by Crippen LogP contribution is 2.35. The van der Waals surface area contributed by atoms with Crippen LogP contribution in [-0.2, 0) is 11.3 Å². The van der Waals surface area contributed by atoms with E-state index in [9.17, 15) is 0 Å². The number of methoxy groups -OCH3 is 1. The molecule has 2 aromatic rings. The summed E-state index contributed by atoms with van der Waals surface area (Å²) >= 11 is 6.13. The smallest absolute Gasteiger partial charge is 0.261 e. The topological polar surface area (TPSA) is 53.5 Å². The minimum atomic E-state index is -0.267. The van der Waals surface area contributed by atoms with Gasteiger partial charge in [-0.1, -0.05) is 23.7 Å². The van der Waals surface area contributed by atoms with Crippen molar-refractivity contribution >= 4 is 11.6 Å². The molecule has 23 heavy (non-hydrogen) atoms. The van der Waals surface area contributed by atoms with E-state index in [0.717, 1.165) is 0 Å². The number of aromatic nitrogens is 2. The first kappa shape index (κ1) is 17.5. The fourth-order valence-electron chi connectivity index (χ4n) is 1.83. The summed E-state index contributed by atoms with van der Waals surface area (Å²) in [6.45, 7) is 8.06. The standard InChI is InChI=1S/C17H21ClN2O3/c1-11-15(23-13-9-7-6-8-12(13)18)16(21-5)20-14(19-11)10-22-17(2,3)4/h6-9H,10H2,1-5H3. The van der Waals surface area contributed by atoms with E-state index in [1.54, 1.807) is 12.1 Å². The Hall–Kier alpha value is -1.85. The van der Waals surface area contributed by atoms with Gasteiger partial charge in [0, 0.05) is 0 Å². The fourth-order valence-corrected chi connectivity index (χ4v) is 2.01. The molecular formula is C17H21ClN2O3. The lowest BCUT2D eigenvalue weighted by Gasteiger charge is -2.19. The molecule has 0 saturated heterocycles. The van der Waals surface area contributed by atoms with Crippen molar-refractivity contribution in [1.29, 1.82) is 0 Å². The molecule has 0 N–H and O–H groups in total. The Kier molecular flexibility index (Phi) is 5.44. The zero-order chi connectivity index (χ0) is 17.0. The Bertz CT molecular complexity index is 684. The van der Waals surface area contributed by atoms with Crippen LogP contribution in [0.15, 0.2) is 24.3 Å². The number of benzene rings is 1. The Labute approximate surface area is 141 Å². The third-order valence-corrected chi connectivity index (χ3v) is 3.24. The number of ether oxygens (including phenoxy) is 3. The zero-order valence-corrected chi connectivity index (χ0v) is 14.8. The maximum absolute atomic E-state index is 6.13. The number of nitrogens with zero attached hydrogens (tertiary/aromatic N) is 2. The highest BCUT2D eigenvalue weighted by molar-refractivity contribution is 6.32. The number of para-hydroxylation sites is 1. The Morgan fingerprint density at radius 2 is 1.83 bits per heavy atom. The van der Waals surface area contributed by atoms with Crippen molar-refractivity contribution in [3.63, 3.8) is 0 Å². The van der Waals surface area contributed by atoms with E-state index in [0.29, 0.717) is 40.5 Å². The van der Waals surface area contributed by atoms with Crippen LogP contribution in [0.3, 0.4) is 0 Å². The van der Waals surface area contributed by atoms with Crippen LogP contribution in [0.1, 0.15) is 32.3 Å². The Morgan fingerprint density at radius 1 is 1.13 bits per heavy atom. The average molecular weight is 337 g/mol. The third kappa shape index (κ3) is 4.81. The van der Waals surface area contributed by atoms with E-state index < -0.39 is 0 Å². The maximum Gasteiger partial charge on any atom is 0.261 e. The molecule has 0 unspecified atom stereocenters. The van der Waals surface area contributed by atoms with Crippen molar-refractivity contribution in [3.8, 4) is 17.4 Å². The number of rotatable bonds is 5. The van der Waals surface area contributed by atoms with Gasteiger partial charge in [-0.3, -0.25) is 0 Å². The van der Waals surface area contributed by atoms with Gasteiger partial charge in [0.25, 0.3) is 5.88 Å². The first-order valence-corrected chi connectivity index (χ1v) is 7.66. The molecule has 0 aliphatic carbocycles. The fraction of sp³-hybridized carbons (Fsp3) is 0.412. The summed E-state index contributed by atoms with van der Waals surface area (Å²) in [6, 6.07) is 7.21. The number of aryl methyl sites for hydroxylation is 1. The molecule has 0 amide bonds. The molecular weight excluding hydrogens is 316 g/mol. The van der Waals surface area contributed by atoms with Crippen LogP contribution in [0.5, 0.6) is 17.4 Å². The number of halogens is 1. The molecule has 1 aromatic carbocycles. The normalized spacial score (nSPS) is 11.4. The largest absolute Gasteiger partial charge is 0.478 e. The molecule has 6 heteroatoms. The summed E-state index contributed by atoms with van der Waals surface area (Å²) in [5, 5.41) is 0.508. The summed E-state index contributed by atoms with van der Waals surface area (Å²) in [4.78, 5) is 8.78. The SMILES string of the molecule is COc1nc(COC(C)(C)C)nc(C)c1Oc1ccccc1Cl.